The molecule has 0 bridgehead atoms. The van der Waals surface area contributed by atoms with E-state index < -0.39 is 5.97 Å². The standard InChI is InChI=1S/C11H10ClNO2/c1-6-9(5-11(14)15)8-3-2-7(12)4-10(8)13-6/h2-4,13H,5H2,1H3,(H,14,15). The molecule has 2 aromatic rings. The number of carboxylic acid groups (broad SMARTS) is 1. The van der Waals surface area contributed by atoms with Crippen LogP contribution < -0.4 is 0 Å². The third kappa shape index (κ3) is 1.83. The molecule has 1 aromatic heterocycles. The van der Waals surface area contributed by atoms with Crippen molar-refractivity contribution in [2.45, 2.75) is 13.3 Å². The van der Waals surface area contributed by atoms with Crippen LogP contribution in [-0.2, 0) is 11.2 Å². The molecular weight excluding hydrogens is 214 g/mol. The Morgan fingerprint density at radius 3 is 2.93 bits per heavy atom. The summed E-state index contributed by atoms with van der Waals surface area (Å²) in [6.45, 7) is 1.87. The number of H-pyrrole nitrogens is 1. The van der Waals surface area contributed by atoms with Crippen LogP contribution in [-0.4, -0.2) is 16.1 Å². The first-order valence-corrected chi connectivity index (χ1v) is 4.94. The predicted octanol–water partition coefficient (Wildman–Crippen LogP) is 2.76. The maximum Gasteiger partial charge on any atom is 0.307 e. The van der Waals surface area contributed by atoms with Crippen molar-refractivity contribution in [1.82, 2.24) is 4.98 Å². The number of hydrogen-bond donors (Lipinski definition) is 2. The lowest BCUT2D eigenvalue weighted by molar-refractivity contribution is -0.136. The molecule has 2 N–H and O–H groups in total. The molecule has 0 aliphatic carbocycles. The van der Waals surface area contributed by atoms with Gasteiger partial charge < -0.3 is 10.1 Å². The first-order valence-electron chi connectivity index (χ1n) is 4.56. The molecule has 0 saturated carbocycles. The molecule has 15 heavy (non-hydrogen) atoms. The van der Waals surface area contributed by atoms with E-state index in [9.17, 15) is 4.79 Å². The number of aromatic nitrogens is 1. The second-order valence-corrected chi connectivity index (χ2v) is 3.93. The maximum absolute atomic E-state index is 10.7. The van der Waals surface area contributed by atoms with Gasteiger partial charge in [-0.2, -0.15) is 0 Å². The number of aliphatic carboxylic acids is 1. The SMILES string of the molecule is Cc1[nH]c2cc(Cl)ccc2c1CC(=O)O. The van der Waals surface area contributed by atoms with Gasteiger partial charge in [0.15, 0.2) is 0 Å². The highest BCUT2D eigenvalue weighted by Crippen LogP contribution is 2.25. The minimum absolute atomic E-state index is 0.0352. The van der Waals surface area contributed by atoms with Crippen molar-refractivity contribution in [2.24, 2.45) is 0 Å². The van der Waals surface area contributed by atoms with Gasteiger partial charge in [0, 0.05) is 21.6 Å². The van der Waals surface area contributed by atoms with E-state index in [1.807, 2.05) is 13.0 Å². The Hall–Kier alpha value is -1.48. The second-order valence-electron chi connectivity index (χ2n) is 3.49. The summed E-state index contributed by atoms with van der Waals surface area (Å²) in [5.74, 6) is -0.825. The molecule has 1 aromatic carbocycles. The molecule has 4 heteroatoms. The van der Waals surface area contributed by atoms with E-state index in [2.05, 4.69) is 4.98 Å². The van der Waals surface area contributed by atoms with Gasteiger partial charge >= 0.3 is 5.97 Å². The van der Waals surface area contributed by atoms with Crippen LogP contribution in [0.5, 0.6) is 0 Å². The van der Waals surface area contributed by atoms with Gasteiger partial charge in [0.1, 0.15) is 0 Å². The van der Waals surface area contributed by atoms with E-state index in [1.165, 1.54) is 0 Å². The fraction of sp³-hybridized carbons (Fsp3) is 0.182. The number of rotatable bonds is 2. The zero-order valence-corrected chi connectivity index (χ0v) is 8.93. The largest absolute Gasteiger partial charge is 0.481 e. The van der Waals surface area contributed by atoms with Crippen molar-refractivity contribution < 1.29 is 9.90 Å². The Morgan fingerprint density at radius 1 is 1.53 bits per heavy atom. The number of nitrogens with one attached hydrogen (secondary N) is 1. The zero-order chi connectivity index (χ0) is 11.0. The van der Waals surface area contributed by atoms with Gasteiger partial charge in [-0.3, -0.25) is 4.79 Å². The quantitative estimate of drug-likeness (QED) is 0.823. The van der Waals surface area contributed by atoms with Crippen LogP contribution in [0.15, 0.2) is 18.2 Å². The molecule has 0 aliphatic rings. The highest BCUT2D eigenvalue weighted by atomic mass is 35.5. The molecule has 2 rings (SSSR count). The molecule has 0 aliphatic heterocycles. The van der Waals surface area contributed by atoms with Crippen LogP contribution in [0.2, 0.25) is 5.02 Å². The maximum atomic E-state index is 10.7. The van der Waals surface area contributed by atoms with Gasteiger partial charge in [-0.05, 0) is 24.6 Å². The van der Waals surface area contributed by atoms with Crippen LogP contribution in [0.1, 0.15) is 11.3 Å². The molecule has 0 fully saturated rings. The molecule has 3 nitrogen and oxygen atoms in total. The normalized spacial score (nSPS) is 10.8. The number of halogens is 1. The summed E-state index contributed by atoms with van der Waals surface area (Å²) in [6.07, 6.45) is 0.0352. The fourth-order valence-electron chi connectivity index (χ4n) is 1.74. The summed E-state index contributed by atoms with van der Waals surface area (Å²) >= 11 is 5.85. The van der Waals surface area contributed by atoms with Gasteiger partial charge in [0.25, 0.3) is 0 Å². The molecule has 0 saturated heterocycles. The number of fused-ring (bicyclic) bond motifs is 1. The number of aromatic amines is 1. The average Bonchev–Trinajstić information content (AvgIpc) is 2.41. The van der Waals surface area contributed by atoms with Crippen LogP contribution in [0, 0.1) is 6.92 Å². The number of aryl methyl sites for hydroxylation is 1. The Morgan fingerprint density at radius 2 is 2.27 bits per heavy atom. The summed E-state index contributed by atoms with van der Waals surface area (Å²) in [5.41, 5.74) is 2.60. The predicted molar refractivity (Wildman–Crippen MR) is 59.4 cm³/mol. The lowest BCUT2D eigenvalue weighted by atomic mass is 10.1. The topological polar surface area (TPSA) is 53.1 Å². The molecule has 0 radical (unpaired) electrons. The molecule has 0 spiro atoms. The van der Waals surface area contributed by atoms with E-state index >= 15 is 0 Å². The molecular formula is C11H10ClNO2. The van der Waals surface area contributed by atoms with Gasteiger partial charge in [0.2, 0.25) is 0 Å². The van der Waals surface area contributed by atoms with E-state index in [-0.39, 0.29) is 6.42 Å². The number of carbonyl (C=O) groups is 1. The molecule has 0 unspecified atom stereocenters. The minimum atomic E-state index is -0.825. The zero-order valence-electron chi connectivity index (χ0n) is 8.17. The van der Waals surface area contributed by atoms with Crippen molar-refractivity contribution in [3.8, 4) is 0 Å². The first-order chi connectivity index (χ1) is 7.08. The van der Waals surface area contributed by atoms with E-state index in [0.717, 1.165) is 22.2 Å². The number of benzene rings is 1. The lowest BCUT2D eigenvalue weighted by Crippen LogP contribution is -2.00. The van der Waals surface area contributed by atoms with Crippen molar-refractivity contribution in [3.63, 3.8) is 0 Å². The van der Waals surface area contributed by atoms with Gasteiger partial charge in [-0.15, -0.1) is 0 Å². The van der Waals surface area contributed by atoms with Gasteiger partial charge in [0.05, 0.1) is 6.42 Å². The highest BCUT2D eigenvalue weighted by Gasteiger charge is 2.11. The molecule has 0 amide bonds. The Kier molecular flexibility index (Phi) is 2.40. The van der Waals surface area contributed by atoms with E-state index in [0.29, 0.717) is 5.02 Å². The summed E-state index contributed by atoms with van der Waals surface area (Å²) in [6, 6.07) is 5.41. The highest BCUT2D eigenvalue weighted by molar-refractivity contribution is 6.31. The van der Waals surface area contributed by atoms with Crippen molar-refractivity contribution >= 4 is 28.5 Å². The Labute approximate surface area is 91.7 Å². The summed E-state index contributed by atoms with van der Waals surface area (Å²) < 4.78 is 0. The second kappa shape index (κ2) is 3.59. The summed E-state index contributed by atoms with van der Waals surface area (Å²) in [7, 11) is 0. The van der Waals surface area contributed by atoms with Crippen molar-refractivity contribution in [3.05, 3.63) is 34.5 Å². The van der Waals surface area contributed by atoms with Crippen molar-refractivity contribution in [1.29, 1.82) is 0 Å². The van der Waals surface area contributed by atoms with Crippen LogP contribution >= 0.6 is 11.6 Å². The Bertz CT molecular complexity index is 531. The van der Waals surface area contributed by atoms with Crippen LogP contribution in [0.25, 0.3) is 10.9 Å². The molecule has 78 valence electrons. The molecule has 1 heterocycles. The Balaban J connectivity index is 2.63. The fourth-order valence-corrected chi connectivity index (χ4v) is 1.91. The van der Waals surface area contributed by atoms with E-state index in [1.54, 1.807) is 12.1 Å². The monoisotopic (exact) mass is 223 g/mol. The van der Waals surface area contributed by atoms with Gasteiger partial charge in [-0.1, -0.05) is 17.7 Å². The van der Waals surface area contributed by atoms with E-state index in [4.69, 9.17) is 16.7 Å². The summed E-state index contributed by atoms with van der Waals surface area (Å²) in [5, 5.41) is 10.4. The summed E-state index contributed by atoms with van der Waals surface area (Å²) in [4.78, 5) is 13.8. The van der Waals surface area contributed by atoms with Crippen LogP contribution in [0.4, 0.5) is 0 Å². The average molecular weight is 224 g/mol. The molecule has 0 atom stereocenters. The lowest BCUT2D eigenvalue weighted by Gasteiger charge is -1.96. The van der Waals surface area contributed by atoms with Gasteiger partial charge in [-0.25, -0.2) is 0 Å². The minimum Gasteiger partial charge on any atom is -0.481 e. The van der Waals surface area contributed by atoms with Crippen LogP contribution in [0.3, 0.4) is 0 Å². The van der Waals surface area contributed by atoms with Crippen molar-refractivity contribution in [2.75, 3.05) is 0 Å². The number of hydrogen-bond acceptors (Lipinski definition) is 1. The first kappa shape index (κ1) is 10.1. The number of carboxylic acids is 1. The third-order valence-electron chi connectivity index (χ3n) is 2.41. The third-order valence-corrected chi connectivity index (χ3v) is 2.64. The smallest absolute Gasteiger partial charge is 0.307 e.